The third kappa shape index (κ3) is 9.53. The second-order valence-corrected chi connectivity index (χ2v) is 19.1. The molecule has 1 unspecified atom stereocenters. The van der Waals surface area contributed by atoms with Gasteiger partial charge in [0.2, 0.25) is 5.69 Å². The Balaban J connectivity index is 0.982. The zero-order chi connectivity index (χ0) is 40.7. The highest BCUT2D eigenvalue weighted by atomic mass is 35.5. The molecule has 0 bridgehead atoms. The first kappa shape index (κ1) is 42.5. The standard InChI is InChI=1S/C51H70ClN4O2/c1-6-55-43-29-17-15-27-41(43)50(2,3)45(55)34-32-37-21-20-22-38(48(37)52)33-35-46-51(4,5)42-28-16-18-30-44(42)56(46)36-19-9-14-31-47(57)58-49(53-39-23-10-7-11-24-39)54-40-25-12-8-13-26-40/h15-18,27-30,32-34,39-40,46H,6-14,19-26,31,35-36H2,1-5H3,(H,53,54)/q+1/b34-32+,38-33+. The van der Waals surface area contributed by atoms with Crippen molar-refractivity contribution in [3.63, 3.8) is 0 Å². The molecule has 0 radical (unpaired) electrons. The van der Waals surface area contributed by atoms with Crippen LogP contribution in [0.15, 0.2) is 87.9 Å². The SMILES string of the molecule is CC[N+]1=C(/C=C/C2=C(Cl)C(=C/CC3N(CCCCCC(=O)OC(=NC4CCCCC4)NC4CCCCC4)c4ccccc4C3(C)C)/CCC2)C(C)(C)c2ccccc21. The number of nitrogens with zero attached hydrogens (tertiary/aromatic N) is 3. The molecule has 6 nitrogen and oxygen atoms in total. The van der Waals surface area contributed by atoms with E-state index in [1.807, 2.05) is 0 Å². The fourth-order valence-corrected chi connectivity index (χ4v) is 11.0. The minimum absolute atomic E-state index is 0.00619. The molecule has 2 aromatic rings. The van der Waals surface area contributed by atoms with Gasteiger partial charge in [0, 0.05) is 58.9 Å². The Hall–Kier alpha value is -3.64. The van der Waals surface area contributed by atoms with Crippen LogP contribution in [0.4, 0.5) is 11.4 Å². The molecule has 5 aliphatic rings. The molecule has 0 saturated heterocycles. The van der Waals surface area contributed by atoms with Crippen molar-refractivity contribution in [1.29, 1.82) is 0 Å². The van der Waals surface area contributed by atoms with Gasteiger partial charge in [0.1, 0.15) is 6.54 Å². The number of para-hydroxylation sites is 2. The molecular weight excluding hydrogens is 736 g/mol. The van der Waals surface area contributed by atoms with Gasteiger partial charge in [-0.05, 0) is 108 Å². The van der Waals surface area contributed by atoms with Gasteiger partial charge in [-0.25, -0.2) is 4.99 Å². The molecule has 7 rings (SSSR count). The largest absolute Gasteiger partial charge is 0.393 e. The van der Waals surface area contributed by atoms with Crippen LogP contribution in [0, 0.1) is 0 Å². The van der Waals surface area contributed by atoms with Crippen LogP contribution in [0.25, 0.3) is 0 Å². The molecule has 2 aromatic carbocycles. The molecule has 0 aromatic heterocycles. The fourth-order valence-electron chi connectivity index (χ4n) is 10.6. The number of fused-ring (bicyclic) bond motifs is 2. The number of rotatable bonds is 13. The predicted octanol–water partition coefficient (Wildman–Crippen LogP) is 12.5. The minimum atomic E-state index is -0.153. The highest BCUT2D eigenvalue weighted by Gasteiger charge is 2.44. The lowest BCUT2D eigenvalue weighted by atomic mass is 9.78. The molecule has 2 fully saturated rings. The van der Waals surface area contributed by atoms with E-state index in [1.54, 1.807) is 0 Å². The number of aliphatic imine (C=N–C) groups is 1. The molecule has 2 aliphatic heterocycles. The van der Waals surface area contributed by atoms with E-state index in [1.165, 1.54) is 77.9 Å². The topological polar surface area (TPSA) is 56.9 Å². The van der Waals surface area contributed by atoms with Gasteiger partial charge in [0.25, 0.3) is 6.02 Å². The summed E-state index contributed by atoms with van der Waals surface area (Å²) in [6, 6.07) is 19.2. The maximum absolute atomic E-state index is 13.2. The van der Waals surface area contributed by atoms with E-state index in [2.05, 4.69) is 116 Å². The Kier molecular flexibility index (Phi) is 14.0. The summed E-state index contributed by atoms with van der Waals surface area (Å²) >= 11 is 7.29. The summed E-state index contributed by atoms with van der Waals surface area (Å²) in [5.41, 5.74) is 9.27. The van der Waals surface area contributed by atoms with Crippen molar-refractivity contribution >= 4 is 40.7 Å². The van der Waals surface area contributed by atoms with Gasteiger partial charge in [0.05, 0.1) is 11.5 Å². The molecule has 7 heteroatoms. The summed E-state index contributed by atoms with van der Waals surface area (Å²) < 4.78 is 8.43. The van der Waals surface area contributed by atoms with Gasteiger partial charge in [-0.2, -0.15) is 4.58 Å². The molecule has 0 spiro atoms. The maximum Gasteiger partial charge on any atom is 0.313 e. The number of nitrogens with one attached hydrogen (secondary N) is 1. The second kappa shape index (κ2) is 19.2. The number of carbonyl (C=O) groups is 1. The molecule has 2 saturated carbocycles. The van der Waals surface area contributed by atoms with Crippen molar-refractivity contribution < 1.29 is 14.1 Å². The number of hydrogen-bond donors (Lipinski definition) is 1. The van der Waals surface area contributed by atoms with Gasteiger partial charge >= 0.3 is 5.97 Å². The fraction of sp³-hybridized carbons (Fsp3) is 0.588. The summed E-state index contributed by atoms with van der Waals surface area (Å²) in [5.74, 6) is -0.153. The molecule has 1 atom stereocenters. The van der Waals surface area contributed by atoms with Gasteiger partial charge in [-0.1, -0.05) is 119 Å². The van der Waals surface area contributed by atoms with E-state index in [0.717, 1.165) is 88.8 Å². The lowest BCUT2D eigenvalue weighted by Gasteiger charge is -2.34. The van der Waals surface area contributed by atoms with Crippen LogP contribution in [0.5, 0.6) is 0 Å². The third-order valence-corrected chi connectivity index (χ3v) is 14.5. The number of benzene rings is 2. The van der Waals surface area contributed by atoms with Gasteiger partial charge in [-0.15, -0.1) is 0 Å². The molecule has 312 valence electrons. The Morgan fingerprint density at radius 2 is 1.59 bits per heavy atom. The molecular formula is C51H70ClN4O2+. The first-order valence-electron chi connectivity index (χ1n) is 23.0. The Bertz CT molecular complexity index is 1920. The van der Waals surface area contributed by atoms with Crippen LogP contribution >= 0.6 is 11.6 Å². The number of amidine groups is 1. The number of anilines is 1. The zero-order valence-corrected chi connectivity index (χ0v) is 37.0. The Labute approximate surface area is 355 Å². The summed E-state index contributed by atoms with van der Waals surface area (Å²) in [5, 5.41) is 4.48. The molecule has 2 heterocycles. The summed E-state index contributed by atoms with van der Waals surface area (Å²) in [4.78, 5) is 20.8. The van der Waals surface area contributed by atoms with Gasteiger partial charge < -0.3 is 15.0 Å². The normalized spacial score (nSPS) is 23.2. The zero-order valence-electron chi connectivity index (χ0n) is 36.3. The Morgan fingerprint density at radius 1 is 0.879 bits per heavy atom. The number of esters is 1. The van der Waals surface area contributed by atoms with Crippen LogP contribution in [-0.2, 0) is 20.4 Å². The van der Waals surface area contributed by atoms with Crippen LogP contribution in [-0.4, -0.2) is 53.5 Å². The van der Waals surface area contributed by atoms with E-state index in [0.29, 0.717) is 24.5 Å². The van der Waals surface area contributed by atoms with Crippen molar-refractivity contribution in [2.75, 3.05) is 18.0 Å². The molecule has 0 amide bonds. The van der Waals surface area contributed by atoms with E-state index >= 15 is 0 Å². The van der Waals surface area contributed by atoms with E-state index in [4.69, 9.17) is 21.3 Å². The lowest BCUT2D eigenvalue weighted by Crippen LogP contribution is -2.41. The lowest BCUT2D eigenvalue weighted by molar-refractivity contribution is -0.433. The third-order valence-electron chi connectivity index (χ3n) is 14.0. The Morgan fingerprint density at radius 3 is 2.34 bits per heavy atom. The number of carbonyl (C=O) groups excluding carboxylic acids is 1. The molecule has 3 aliphatic carbocycles. The highest BCUT2D eigenvalue weighted by Crippen LogP contribution is 2.47. The first-order chi connectivity index (χ1) is 28.1. The summed E-state index contributed by atoms with van der Waals surface area (Å²) in [6.07, 6.45) is 26.3. The average molecular weight is 807 g/mol. The van der Waals surface area contributed by atoms with E-state index in [9.17, 15) is 4.79 Å². The van der Waals surface area contributed by atoms with Crippen molar-refractivity contribution in [3.8, 4) is 0 Å². The highest BCUT2D eigenvalue weighted by molar-refractivity contribution is 6.32. The van der Waals surface area contributed by atoms with E-state index in [-0.39, 0.29) is 22.8 Å². The smallest absolute Gasteiger partial charge is 0.313 e. The number of ether oxygens (including phenoxy) is 1. The second-order valence-electron chi connectivity index (χ2n) is 18.7. The van der Waals surface area contributed by atoms with Crippen LogP contribution in [0.3, 0.4) is 0 Å². The van der Waals surface area contributed by atoms with Crippen LogP contribution in [0.2, 0.25) is 0 Å². The monoisotopic (exact) mass is 806 g/mol. The van der Waals surface area contributed by atoms with Crippen LogP contribution in [0.1, 0.15) is 161 Å². The number of halogens is 1. The predicted molar refractivity (Wildman–Crippen MR) is 243 cm³/mol. The van der Waals surface area contributed by atoms with E-state index < -0.39 is 0 Å². The quantitative estimate of drug-likeness (QED) is 0.0720. The number of hydrogen-bond acceptors (Lipinski definition) is 4. The number of allylic oxidation sites excluding steroid dienone is 5. The first-order valence-corrected chi connectivity index (χ1v) is 23.4. The minimum Gasteiger partial charge on any atom is -0.393 e. The summed E-state index contributed by atoms with van der Waals surface area (Å²) in [7, 11) is 0. The van der Waals surface area contributed by atoms with Crippen LogP contribution < -0.4 is 10.2 Å². The summed E-state index contributed by atoms with van der Waals surface area (Å²) in [6.45, 7) is 13.6. The van der Waals surface area contributed by atoms with Crippen molar-refractivity contribution in [2.24, 2.45) is 4.99 Å². The number of unbranched alkanes of at least 4 members (excludes halogenated alkanes) is 2. The maximum atomic E-state index is 13.2. The van der Waals surface area contributed by atoms with Gasteiger partial charge in [0.15, 0.2) is 5.71 Å². The van der Waals surface area contributed by atoms with Crippen molar-refractivity contribution in [2.45, 2.75) is 179 Å². The van der Waals surface area contributed by atoms with Gasteiger partial charge in [-0.3, -0.25) is 4.79 Å². The molecule has 58 heavy (non-hydrogen) atoms. The van der Waals surface area contributed by atoms with Crippen molar-refractivity contribution in [1.82, 2.24) is 5.32 Å². The van der Waals surface area contributed by atoms with Crippen molar-refractivity contribution in [3.05, 3.63) is 94.1 Å². The molecule has 1 N–H and O–H groups in total. The average Bonchev–Trinajstić information content (AvgIpc) is 3.58.